The topological polar surface area (TPSA) is 121 Å². The van der Waals surface area contributed by atoms with Crippen LogP contribution in [0.25, 0.3) is 11.0 Å². The molecule has 2 heterocycles. The van der Waals surface area contributed by atoms with E-state index < -0.39 is 24.7 Å². The zero-order valence-corrected chi connectivity index (χ0v) is 27.4. The number of nitrogens with two attached hydrogens (primary N) is 1. The second-order valence-electron chi connectivity index (χ2n) is 13.6. The number of ketones is 1. The van der Waals surface area contributed by atoms with E-state index in [4.69, 9.17) is 24.4 Å². The quantitative estimate of drug-likeness (QED) is 0.207. The van der Waals surface area contributed by atoms with Crippen molar-refractivity contribution in [2.24, 2.45) is 29.4 Å². The molecule has 1 saturated heterocycles. The van der Waals surface area contributed by atoms with Crippen molar-refractivity contribution in [2.75, 3.05) is 40.7 Å². The summed E-state index contributed by atoms with van der Waals surface area (Å²) in [6.45, 7) is 0.955. The number of carbonyl (C=O) groups is 3. The van der Waals surface area contributed by atoms with Gasteiger partial charge in [0, 0.05) is 51.1 Å². The number of alkyl halides is 1. The van der Waals surface area contributed by atoms with E-state index in [1.165, 1.54) is 0 Å². The molecule has 0 radical (unpaired) electrons. The Morgan fingerprint density at radius 1 is 0.978 bits per heavy atom. The highest BCUT2D eigenvalue weighted by Crippen LogP contribution is 2.42. The van der Waals surface area contributed by atoms with E-state index in [0.29, 0.717) is 43.9 Å². The second kappa shape index (κ2) is 16.3. The first-order valence-corrected chi connectivity index (χ1v) is 17.2. The zero-order valence-electron chi connectivity index (χ0n) is 27.4. The van der Waals surface area contributed by atoms with Crippen molar-refractivity contribution in [3.63, 3.8) is 0 Å². The predicted octanol–water partition coefficient (Wildman–Crippen LogP) is 5.65. The highest BCUT2D eigenvalue weighted by molar-refractivity contribution is 5.94. The van der Waals surface area contributed by atoms with Gasteiger partial charge in [-0.25, -0.2) is 9.18 Å². The summed E-state index contributed by atoms with van der Waals surface area (Å²) in [4.78, 5) is 42.6. The number of halogens is 1. The van der Waals surface area contributed by atoms with Crippen LogP contribution in [0.5, 0.6) is 0 Å². The van der Waals surface area contributed by atoms with Gasteiger partial charge in [0.05, 0.1) is 18.8 Å². The molecule has 0 spiro atoms. The first-order valence-electron chi connectivity index (χ1n) is 17.2. The third kappa shape index (κ3) is 8.17. The van der Waals surface area contributed by atoms with Crippen LogP contribution in [0.15, 0.2) is 28.7 Å². The smallest absolute Gasteiger partial charge is 0.374 e. The molecule has 0 bridgehead atoms. The van der Waals surface area contributed by atoms with Gasteiger partial charge in [0.25, 0.3) is 0 Å². The number of Topliss-reactive ketones (excluding diaryl/α,β-unsaturated/α-hetero) is 1. The Balaban J connectivity index is 1.28. The van der Waals surface area contributed by atoms with Crippen molar-refractivity contribution in [1.29, 1.82) is 0 Å². The monoisotopic (exact) mass is 642 g/mol. The van der Waals surface area contributed by atoms with Crippen LogP contribution in [0.3, 0.4) is 0 Å². The Labute approximate surface area is 271 Å². The Kier molecular flexibility index (Phi) is 12.3. The van der Waals surface area contributed by atoms with Crippen molar-refractivity contribution >= 4 is 28.6 Å². The Hall–Kier alpha value is -2.82. The maximum atomic E-state index is 14.2. The molecule has 1 amide bonds. The summed E-state index contributed by atoms with van der Waals surface area (Å²) >= 11 is 0. The number of hydrogen-bond acceptors (Lipinski definition) is 8. The van der Waals surface area contributed by atoms with Gasteiger partial charge in [0.15, 0.2) is 5.78 Å². The van der Waals surface area contributed by atoms with Crippen LogP contribution < -0.4 is 5.73 Å². The number of unbranched alkanes of at least 4 members (excludes halogenated alkanes) is 1. The molecule has 1 aliphatic heterocycles. The van der Waals surface area contributed by atoms with Gasteiger partial charge in [0.2, 0.25) is 11.7 Å². The molecule has 2 aromatic rings. The minimum Gasteiger partial charge on any atom is -0.460 e. The summed E-state index contributed by atoms with van der Waals surface area (Å²) in [5, 5.41) is 0.730. The summed E-state index contributed by atoms with van der Waals surface area (Å²) in [5.41, 5.74) is 7.35. The van der Waals surface area contributed by atoms with E-state index in [9.17, 15) is 18.8 Å². The molecule has 2 saturated carbocycles. The SMILES string of the molecule is COCCCCOC(=O)c1cc2cc(CC(=O)[C@@H]3[C@H](C4CCC(OC)CC4)CCN3C(=O)C3CCC([C@H](N)CF)CC3)ccc2o1. The van der Waals surface area contributed by atoms with Crippen molar-refractivity contribution < 1.29 is 37.4 Å². The highest BCUT2D eigenvalue weighted by Gasteiger charge is 2.47. The lowest BCUT2D eigenvalue weighted by molar-refractivity contribution is -0.143. The first kappa shape index (κ1) is 34.5. The molecular formula is C36H51FN2O7. The van der Waals surface area contributed by atoms with E-state index in [1.54, 1.807) is 26.4 Å². The van der Waals surface area contributed by atoms with E-state index in [-0.39, 0.29) is 54.3 Å². The third-order valence-corrected chi connectivity index (χ3v) is 10.8. The summed E-state index contributed by atoms with van der Waals surface area (Å²) in [6, 6.07) is 6.26. The van der Waals surface area contributed by atoms with Crippen LogP contribution in [-0.4, -0.2) is 81.4 Å². The number of esters is 1. The zero-order chi connectivity index (χ0) is 32.6. The predicted molar refractivity (Wildman–Crippen MR) is 172 cm³/mol. The van der Waals surface area contributed by atoms with Gasteiger partial charge >= 0.3 is 5.97 Å². The first-order chi connectivity index (χ1) is 22.3. The number of carbonyl (C=O) groups excluding carboxylic acids is 3. The standard InChI is InChI=1S/C36H51FN2O7/c1-43-17-3-4-18-45-36(42)33-21-27-19-23(5-14-32(27)46-33)20-31(40)34-29(24-10-12-28(44-2)13-11-24)15-16-39(34)35(41)26-8-6-25(7-9-26)30(38)22-37/h5,14,19,21,24-26,28-30,34H,3-4,6-13,15-18,20,22,38H2,1-2H3/t24?,25?,26?,28?,29-,30+,34-/m0/s1. The molecule has 2 aliphatic carbocycles. The van der Waals surface area contributed by atoms with Gasteiger partial charge in [-0.3, -0.25) is 9.59 Å². The van der Waals surface area contributed by atoms with Crippen molar-refractivity contribution in [3.8, 4) is 0 Å². The Bertz CT molecular complexity index is 1310. The largest absolute Gasteiger partial charge is 0.460 e. The van der Waals surface area contributed by atoms with Gasteiger partial charge in [-0.2, -0.15) is 0 Å². The maximum Gasteiger partial charge on any atom is 0.374 e. The van der Waals surface area contributed by atoms with Crippen LogP contribution in [0.2, 0.25) is 0 Å². The number of amides is 1. The number of rotatable bonds is 14. The number of benzene rings is 1. The van der Waals surface area contributed by atoms with Gasteiger partial charge in [-0.15, -0.1) is 0 Å². The Morgan fingerprint density at radius 3 is 2.41 bits per heavy atom. The molecule has 254 valence electrons. The van der Waals surface area contributed by atoms with Crippen molar-refractivity contribution in [2.45, 2.75) is 95.2 Å². The van der Waals surface area contributed by atoms with Crippen molar-refractivity contribution in [3.05, 3.63) is 35.6 Å². The lowest BCUT2D eigenvalue weighted by atomic mass is 9.74. The van der Waals surface area contributed by atoms with Gasteiger partial charge in [-0.1, -0.05) is 6.07 Å². The average molecular weight is 643 g/mol. The molecule has 3 atom stereocenters. The molecule has 9 nitrogen and oxygen atoms in total. The minimum absolute atomic E-state index is 0.0522. The molecule has 0 unspecified atom stereocenters. The lowest BCUT2D eigenvalue weighted by Crippen LogP contribution is -2.48. The molecule has 5 rings (SSSR count). The van der Waals surface area contributed by atoms with Crippen LogP contribution in [0.4, 0.5) is 4.39 Å². The third-order valence-electron chi connectivity index (χ3n) is 10.8. The van der Waals surface area contributed by atoms with Crippen LogP contribution in [0.1, 0.15) is 86.7 Å². The number of ether oxygens (including phenoxy) is 3. The summed E-state index contributed by atoms with van der Waals surface area (Å²) in [6.07, 6.45) is 9.57. The fourth-order valence-corrected chi connectivity index (χ4v) is 8.07. The van der Waals surface area contributed by atoms with Crippen LogP contribution in [0, 0.1) is 23.7 Å². The maximum absolute atomic E-state index is 14.2. The lowest BCUT2D eigenvalue weighted by Gasteiger charge is -2.37. The van der Waals surface area contributed by atoms with Crippen LogP contribution >= 0.6 is 0 Å². The number of methoxy groups -OCH3 is 2. The summed E-state index contributed by atoms with van der Waals surface area (Å²) < 4.78 is 34.9. The molecule has 3 fully saturated rings. The second-order valence-corrected chi connectivity index (χ2v) is 13.6. The van der Waals surface area contributed by atoms with Gasteiger partial charge < -0.3 is 29.3 Å². The van der Waals surface area contributed by atoms with Crippen LogP contribution in [-0.2, 0) is 30.2 Å². The minimum atomic E-state index is -0.537. The van der Waals surface area contributed by atoms with E-state index in [2.05, 4.69) is 0 Å². The Morgan fingerprint density at radius 2 is 1.72 bits per heavy atom. The molecule has 10 heteroatoms. The number of nitrogens with zero attached hydrogens (tertiary/aromatic N) is 1. The molecular weight excluding hydrogens is 591 g/mol. The molecule has 2 N–H and O–H groups in total. The van der Waals surface area contributed by atoms with E-state index in [1.807, 2.05) is 17.0 Å². The average Bonchev–Trinajstić information content (AvgIpc) is 3.72. The normalized spacial score (nSPS) is 27.5. The molecule has 1 aromatic heterocycles. The fraction of sp³-hybridized carbons (Fsp3) is 0.694. The van der Waals surface area contributed by atoms with Gasteiger partial charge in [0.1, 0.15) is 12.3 Å². The number of likely N-dealkylation sites (tertiary alicyclic amines) is 1. The fourth-order valence-electron chi connectivity index (χ4n) is 8.07. The molecule has 46 heavy (non-hydrogen) atoms. The number of furan rings is 1. The highest BCUT2D eigenvalue weighted by atomic mass is 19.1. The van der Waals surface area contributed by atoms with Crippen molar-refractivity contribution in [1.82, 2.24) is 4.90 Å². The summed E-state index contributed by atoms with van der Waals surface area (Å²) in [7, 11) is 3.40. The number of hydrogen-bond donors (Lipinski definition) is 1. The summed E-state index contributed by atoms with van der Waals surface area (Å²) in [5.74, 6) is 0.177. The molecule has 3 aliphatic rings. The van der Waals surface area contributed by atoms with E-state index >= 15 is 0 Å². The van der Waals surface area contributed by atoms with Gasteiger partial charge in [-0.05, 0) is 112 Å². The van der Waals surface area contributed by atoms with E-state index in [0.717, 1.165) is 62.3 Å². The molecule has 1 aromatic carbocycles. The number of fused-ring (bicyclic) bond motifs is 1.